The number of hydrogen-bond donors (Lipinski definition) is 2. The number of para-hydroxylation sites is 2. The first kappa shape index (κ1) is 19.6. The van der Waals surface area contributed by atoms with Gasteiger partial charge in [0, 0.05) is 32.3 Å². The number of carbonyl (C=O) groups is 1. The maximum Gasteiger partial charge on any atom is 0.326 e. The van der Waals surface area contributed by atoms with Crippen LogP contribution in [0.1, 0.15) is 39.2 Å². The van der Waals surface area contributed by atoms with Gasteiger partial charge in [0.15, 0.2) is 0 Å². The van der Waals surface area contributed by atoms with Gasteiger partial charge >= 0.3 is 5.69 Å². The van der Waals surface area contributed by atoms with Crippen molar-refractivity contribution in [3.63, 3.8) is 0 Å². The van der Waals surface area contributed by atoms with Gasteiger partial charge in [0.2, 0.25) is 5.91 Å². The summed E-state index contributed by atoms with van der Waals surface area (Å²) >= 11 is 0. The van der Waals surface area contributed by atoms with Crippen LogP contribution in [0.15, 0.2) is 29.1 Å². The van der Waals surface area contributed by atoms with Gasteiger partial charge in [-0.25, -0.2) is 4.79 Å². The predicted molar refractivity (Wildman–Crippen MR) is 106 cm³/mol. The van der Waals surface area contributed by atoms with E-state index in [1.54, 1.807) is 0 Å². The lowest BCUT2D eigenvalue weighted by Gasteiger charge is -2.32. The van der Waals surface area contributed by atoms with Gasteiger partial charge in [-0.3, -0.25) is 14.3 Å². The zero-order valence-electron chi connectivity index (χ0n) is 16.2. The summed E-state index contributed by atoms with van der Waals surface area (Å²) < 4.78 is 7.35. The molecule has 0 saturated carbocycles. The van der Waals surface area contributed by atoms with Crippen LogP contribution >= 0.6 is 0 Å². The highest BCUT2D eigenvalue weighted by molar-refractivity contribution is 5.78. The molecule has 1 saturated heterocycles. The van der Waals surface area contributed by atoms with Gasteiger partial charge in [-0.05, 0) is 45.2 Å². The van der Waals surface area contributed by atoms with Crippen molar-refractivity contribution in [2.45, 2.75) is 45.3 Å². The van der Waals surface area contributed by atoms with Crippen molar-refractivity contribution in [2.24, 2.45) is 0 Å². The molecule has 7 heteroatoms. The molecule has 1 aromatic carbocycles. The van der Waals surface area contributed by atoms with Crippen LogP contribution in [0.5, 0.6) is 0 Å². The molecule has 1 aliphatic rings. The number of benzene rings is 1. The smallest absolute Gasteiger partial charge is 0.326 e. The van der Waals surface area contributed by atoms with E-state index in [9.17, 15) is 9.59 Å². The predicted octanol–water partition coefficient (Wildman–Crippen LogP) is 1.90. The maximum atomic E-state index is 12.3. The number of ether oxygens (including phenoxy) is 1. The summed E-state index contributed by atoms with van der Waals surface area (Å²) in [5.74, 6) is 0.0576. The van der Waals surface area contributed by atoms with Gasteiger partial charge in [0.25, 0.3) is 0 Å². The van der Waals surface area contributed by atoms with Gasteiger partial charge in [-0.2, -0.15) is 0 Å². The minimum atomic E-state index is -0.0454. The lowest BCUT2D eigenvalue weighted by Crippen LogP contribution is -2.43. The summed E-state index contributed by atoms with van der Waals surface area (Å²) in [5, 5.41) is 2.95. The molecule has 0 spiro atoms. The third-order valence-electron chi connectivity index (χ3n) is 5.01. The van der Waals surface area contributed by atoms with Crippen molar-refractivity contribution in [1.29, 1.82) is 0 Å². The van der Waals surface area contributed by atoms with Crippen molar-refractivity contribution in [3.05, 3.63) is 34.7 Å². The van der Waals surface area contributed by atoms with Crippen molar-refractivity contribution >= 4 is 16.9 Å². The molecule has 0 unspecified atom stereocenters. The summed E-state index contributed by atoms with van der Waals surface area (Å²) in [7, 11) is 0. The molecule has 0 bridgehead atoms. The van der Waals surface area contributed by atoms with E-state index < -0.39 is 0 Å². The number of hydrogen-bond acceptors (Lipinski definition) is 4. The van der Waals surface area contributed by atoms with Crippen LogP contribution in [0.25, 0.3) is 11.0 Å². The van der Waals surface area contributed by atoms with Crippen LogP contribution in [0.2, 0.25) is 0 Å². The number of likely N-dealkylation sites (tertiary alicyclic amines) is 1. The van der Waals surface area contributed by atoms with Crippen LogP contribution in [-0.4, -0.2) is 59.2 Å². The van der Waals surface area contributed by atoms with Crippen LogP contribution in [0.4, 0.5) is 0 Å². The second kappa shape index (κ2) is 9.19. The minimum absolute atomic E-state index is 0.0454. The molecule has 1 aromatic heterocycles. The zero-order chi connectivity index (χ0) is 19.2. The highest BCUT2D eigenvalue weighted by atomic mass is 16.5. The Hall–Kier alpha value is -2.12. The summed E-state index contributed by atoms with van der Waals surface area (Å²) in [4.78, 5) is 29.5. The fourth-order valence-electron chi connectivity index (χ4n) is 3.65. The van der Waals surface area contributed by atoms with Crippen molar-refractivity contribution in [2.75, 3.05) is 32.8 Å². The lowest BCUT2D eigenvalue weighted by atomic mass is 10.0. The highest BCUT2D eigenvalue weighted by Crippen LogP contribution is 2.24. The molecule has 2 heterocycles. The van der Waals surface area contributed by atoms with E-state index in [1.165, 1.54) is 0 Å². The van der Waals surface area contributed by atoms with Gasteiger partial charge in [0.1, 0.15) is 0 Å². The third kappa shape index (κ3) is 5.20. The Balaban J connectivity index is 1.44. The number of rotatable bonds is 8. The second-order valence-corrected chi connectivity index (χ2v) is 7.45. The fraction of sp³-hybridized carbons (Fsp3) is 0.600. The number of piperidine rings is 1. The molecule has 0 radical (unpaired) electrons. The normalized spacial score (nSPS) is 16.3. The van der Waals surface area contributed by atoms with Crippen molar-refractivity contribution in [1.82, 2.24) is 19.8 Å². The molecule has 1 fully saturated rings. The van der Waals surface area contributed by atoms with E-state index in [-0.39, 0.29) is 23.7 Å². The molecular formula is C20H30N4O3. The van der Waals surface area contributed by atoms with E-state index in [0.717, 1.165) is 43.4 Å². The number of nitrogens with one attached hydrogen (secondary N) is 2. The molecule has 27 heavy (non-hydrogen) atoms. The summed E-state index contributed by atoms with van der Waals surface area (Å²) in [5.41, 5.74) is 1.80. The minimum Gasteiger partial charge on any atom is -0.379 e. The Labute approximate surface area is 159 Å². The summed E-state index contributed by atoms with van der Waals surface area (Å²) in [6, 6.07) is 7.98. The van der Waals surface area contributed by atoms with Gasteiger partial charge in [0.05, 0.1) is 23.7 Å². The molecule has 0 atom stereocenters. The Bertz CT molecular complexity index is 803. The van der Waals surface area contributed by atoms with E-state index in [4.69, 9.17) is 4.74 Å². The number of aromatic amines is 1. The van der Waals surface area contributed by atoms with Crippen molar-refractivity contribution in [3.8, 4) is 0 Å². The molecule has 3 rings (SSSR count). The number of imidazole rings is 1. The lowest BCUT2D eigenvalue weighted by molar-refractivity contribution is -0.122. The number of amides is 1. The van der Waals surface area contributed by atoms with Gasteiger partial charge < -0.3 is 15.0 Å². The molecule has 1 aliphatic heterocycles. The molecule has 2 N–H and O–H groups in total. The SMILES string of the molecule is CC(C)OCCCNC(=O)CN1CCC(n2c(=O)[nH]c3ccccc32)CC1. The number of nitrogens with zero attached hydrogens (tertiary/aromatic N) is 2. The number of H-pyrrole nitrogens is 1. The maximum absolute atomic E-state index is 12.3. The molecule has 1 amide bonds. The number of fused-ring (bicyclic) bond motifs is 1. The zero-order valence-corrected chi connectivity index (χ0v) is 16.2. The topological polar surface area (TPSA) is 79.4 Å². The quantitative estimate of drug-likeness (QED) is 0.692. The second-order valence-electron chi connectivity index (χ2n) is 7.45. The summed E-state index contributed by atoms with van der Waals surface area (Å²) in [6.45, 7) is 7.39. The molecule has 7 nitrogen and oxygen atoms in total. The van der Waals surface area contributed by atoms with Crippen LogP contribution in [0.3, 0.4) is 0 Å². The van der Waals surface area contributed by atoms with Gasteiger partial charge in [-0.15, -0.1) is 0 Å². The Morgan fingerprint density at radius 3 is 2.78 bits per heavy atom. The Morgan fingerprint density at radius 1 is 1.30 bits per heavy atom. The van der Waals surface area contributed by atoms with E-state index in [1.807, 2.05) is 42.7 Å². The monoisotopic (exact) mass is 374 g/mol. The van der Waals surface area contributed by atoms with Gasteiger partial charge in [-0.1, -0.05) is 12.1 Å². The average Bonchev–Trinajstić information content (AvgIpc) is 2.97. The molecule has 2 aromatic rings. The highest BCUT2D eigenvalue weighted by Gasteiger charge is 2.24. The van der Waals surface area contributed by atoms with Crippen LogP contribution in [0, 0.1) is 0 Å². The standard InChI is InChI=1S/C20H30N4O3/c1-15(2)27-13-5-10-21-19(25)14-23-11-8-16(9-12-23)24-18-7-4-3-6-17(18)22-20(24)26/h3-4,6-7,15-16H,5,8-14H2,1-2H3,(H,21,25)(H,22,26). The van der Waals surface area contributed by atoms with Crippen LogP contribution < -0.4 is 11.0 Å². The molecule has 148 valence electrons. The van der Waals surface area contributed by atoms with Crippen molar-refractivity contribution < 1.29 is 9.53 Å². The molecule has 0 aliphatic carbocycles. The van der Waals surface area contributed by atoms with E-state index in [2.05, 4.69) is 15.2 Å². The number of carbonyl (C=O) groups excluding carboxylic acids is 1. The first-order chi connectivity index (χ1) is 13.0. The van der Waals surface area contributed by atoms with E-state index in [0.29, 0.717) is 19.7 Å². The molecular weight excluding hydrogens is 344 g/mol. The fourth-order valence-corrected chi connectivity index (χ4v) is 3.65. The third-order valence-corrected chi connectivity index (χ3v) is 5.01. The van der Waals surface area contributed by atoms with Crippen LogP contribution in [-0.2, 0) is 9.53 Å². The average molecular weight is 374 g/mol. The first-order valence-corrected chi connectivity index (χ1v) is 9.84. The largest absolute Gasteiger partial charge is 0.379 e. The van der Waals surface area contributed by atoms with E-state index >= 15 is 0 Å². The Kier molecular flexibility index (Phi) is 6.68. The summed E-state index contributed by atoms with van der Waals surface area (Å²) in [6.07, 6.45) is 2.80. The first-order valence-electron chi connectivity index (χ1n) is 9.84. The number of aromatic nitrogens is 2. The Morgan fingerprint density at radius 2 is 2.04 bits per heavy atom.